The molecule has 0 aliphatic heterocycles. The van der Waals surface area contributed by atoms with Crippen molar-refractivity contribution >= 4 is 11.9 Å². The van der Waals surface area contributed by atoms with Crippen LogP contribution in [0.4, 0.5) is 10.3 Å². The third-order valence-electron chi connectivity index (χ3n) is 4.98. The molecule has 4 rings (SSSR count). The molecule has 2 heterocycles. The number of carbonyl (C=O) groups excluding carboxylic acids is 1. The Labute approximate surface area is 191 Å². The van der Waals surface area contributed by atoms with Crippen molar-refractivity contribution in [3.63, 3.8) is 0 Å². The number of hydrogen-bond acceptors (Lipinski definition) is 5. The highest BCUT2D eigenvalue weighted by Crippen LogP contribution is 2.24. The zero-order chi connectivity index (χ0) is 23.4. The maximum Gasteiger partial charge on any atom is 0.293 e. The highest BCUT2D eigenvalue weighted by molar-refractivity contribution is 6.01. The van der Waals surface area contributed by atoms with Crippen molar-refractivity contribution in [3.8, 4) is 5.75 Å². The van der Waals surface area contributed by atoms with Crippen LogP contribution >= 0.6 is 0 Å². The number of rotatable bonds is 7. The lowest BCUT2D eigenvalue weighted by molar-refractivity contribution is 0.0991. The molecular weight excluding hydrogens is 423 g/mol. The number of nitrogens with one attached hydrogen (secondary N) is 1. The smallest absolute Gasteiger partial charge is 0.293 e. The van der Waals surface area contributed by atoms with Gasteiger partial charge < -0.3 is 9.15 Å². The number of ether oxygens (including phenoxy) is 1. The lowest BCUT2D eigenvalue weighted by Crippen LogP contribution is -2.12. The first-order valence-corrected chi connectivity index (χ1v) is 10.5. The van der Waals surface area contributed by atoms with Crippen LogP contribution in [0.2, 0.25) is 0 Å². The van der Waals surface area contributed by atoms with E-state index in [1.807, 2.05) is 24.3 Å². The predicted molar refractivity (Wildman–Crippen MR) is 122 cm³/mol. The van der Waals surface area contributed by atoms with E-state index in [1.54, 1.807) is 24.3 Å². The molecule has 0 unspecified atom stereocenters. The van der Waals surface area contributed by atoms with E-state index in [-0.39, 0.29) is 29.5 Å². The first-order valence-electron chi connectivity index (χ1n) is 10.5. The predicted octanol–water partition coefficient (Wildman–Crippen LogP) is 5.19. The van der Waals surface area contributed by atoms with Crippen LogP contribution in [0, 0.1) is 5.82 Å². The first kappa shape index (κ1) is 22.3. The number of hydrogen-bond donors (Lipinski definition) is 1. The van der Waals surface area contributed by atoms with Gasteiger partial charge in [0, 0.05) is 0 Å². The molecule has 33 heavy (non-hydrogen) atoms. The largest absolute Gasteiger partial charge is 0.486 e. The SMILES string of the molecule is CC(C)(C)c1ccc(OCc2ccc(C(=O)Nc3ncn(Cc4cccc(F)c4)n3)o2)cc1. The topological polar surface area (TPSA) is 82.2 Å². The van der Waals surface area contributed by atoms with Crippen LogP contribution < -0.4 is 10.1 Å². The number of anilines is 1. The van der Waals surface area contributed by atoms with Gasteiger partial charge in [0.25, 0.3) is 5.91 Å². The quantitative estimate of drug-likeness (QED) is 0.421. The number of amides is 1. The van der Waals surface area contributed by atoms with E-state index < -0.39 is 5.91 Å². The summed E-state index contributed by atoms with van der Waals surface area (Å²) in [5, 5.41) is 6.79. The molecule has 0 aliphatic carbocycles. The molecule has 0 atom stereocenters. The van der Waals surface area contributed by atoms with E-state index in [9.17, 15) is 9.18 Å². The van der Waals surface area contributed by atoms with Crippen molar-refractivity contribution in [3.05, 3.63) is 95.5 Å². The number of furan rings is 1. The van der Waals surface area contributed by atoms with Crippen LogP contribution in [0.3, 0.4) is 0 Å². The lowest BCUT2D eigenvalue weighted by Gasteiger charge is -2.19. The van der Waals surface area contributed by atoms with Crippen LogP contribution in [-0.4, -0.2) is 20.7 Å². The average Bonchev–Trinajstić information content (AvgIpc) is 3.42. The van der Waals surface area contributed by atoms with Crippen LogP contribution in [0.1, 0.15) is 48.2 Å². The molecular formula is C25H25FN4O3. The zero-order valence-electron chi connectivity index (χ0n) is 18.7. The number of aromatic nitrogens is 3. The number of nitrogens with zero attached hydrogens (tertiary/aromatic N) is 3. The standard InChI is InChI=1S/C25H25FN4O3/c1-25(2,3)18-7-9-20(10-8-18)32-15-21-11-12-22(33-21)23(31)28-24-27-16-30(29-24)14-17-5-4-6-19(26)13-17/h4-13,16H,14-15H2,1-3H3,(H,28,29,31). The summed E-state index contributed by atoms with van der Waals surface area (Å²) in [6.07, 6.45) is 1.47. The fraction of sp³-hybridized carbons (Fsp3) is 0.240. The Hall–Kier alpha value is -3.94. The van der Waals surface area contributed by atoms with E-state index in [0.29, 0.717) is 12.3 Å². The first-order chi connectivity index (χ1) is 15.8. The van der Waals surface area contributed by atoms with Gasteiger partial charge in [-0.3, -0.25) is 10.1 Å². The molecule has 2 aromatic heterocycles. The Morgan fingerprint density at radius 1 is 1.12 bits per heavy atom. The van der Waals surface area contributed by atoms with Crippen molar-refractivity contribution in [2.45, 2.75) is 39.3 Å². The molecule has 0 fully saturated rings. The second-order valence-electron chi connectivity index (χ2n) is 8.68. The summed E-state index contributed by atoms with van der Waals surface area (Å²) >= 11 is 0. The van der Waals surface area contributed by atoms with Crippen LogP contribution in [0.5, 0.6) is 5.75 Å². The van der Waals surface area contributed by atoms with Crippen molar-refractivity contribution in [1.82, 2.24) is 14.8 Å². The maximum atomic E-state index is 13.3. The van der Waals surface area contributed by atoms with Gasteiger partial charge in [-0.2, -0.15) is 0 Å². The summed E-state index contributed by atoms with van der Waals surface area (Å²) < 4.78 is 26.2. The Balaban J connectivity index is 1.31. The molecule has 1 amide bonds. The second-order valence-corrected chi connectivity index (χ2v) is 8.68. The molecule has 8 heteroatoms. The normalized spacial score (nSPS) is 11.4. The minimum Gasteiger partial charge on any atom is -0.486 e. The zero-order valence-corrected chi connectivity index (χ0v) is 18.7. The molecule has 1 N–H and O–H groups in total. The summed E-state index contributed by atoms with van der Waals surface area (Å²) in [4.78, 5) is 16.5. The van der Waals surface area contributed by atoms with Crippen LogP contribution in [0.25, 0.3) is 0 Å². The maximum absolute atomic E-state index is 13.3. The average molecular weight is 448 g/mol. The van der Waals surface area contributed by atoms with Gasteiger partial charge in [-0.15, -0.1) is 5.10 Å². The molecule has 4 aromatic rings. The van der Waals surface area contributed by atoms with Crippen LogP contribution in [-0.2, 0) is 18.6 Å². The fourth-order valence-electron chi connectivity index (χ4n) is 3.20. The highest BCUT2D eigenvalue weighted by atomic mass is 19.1. The molecule has 7 nitrogen and oxygen atoms in total. The Morgan fingerprint density at radius 2 is 1.91 bits per heavy atom. The van der Waals surface area contributed by atoms with E-state index in [0.717, 1.165) is 11.3 Å². The molecule has 0 saturated carbocycles. The van der Waals surface area contributed by atoms with E-state index in [4.69, 9.17) is 9.15 Å². The number of halogens is 1. The Kier molecular flexibility index (Phi) is 6.26. The van der Waals surface area contributed by atoms with Gasteiger partial charge in [-0.1, -0.05) is 45.0 Å². The van der Waals surface area contributed by atoms with Crippen molar-refractivity contribution < 1.29 is 18.3 Å². The fourth-order valence-corrected chi connectivity index (χ4v) is 3.20. The van der Waals surface area contributed by atoms with E-state index in [2.05, 4.69) is 36.2 Å². The lowest BCUT2D eigenvalue weighted by atomic mass is 9.87. The molecule has 170 valence electrons. The second kappa shape index (κ2) is 9.28. The van der Waals surface area contributed by atoms with Crippen molar-refractivity contribution in [2.75, 3.05) is 5.32 Å². The molecule has 0 bridgehead atoms. The Bertz CT molecular complexity index is 1240. The van der Waals surface area contributed by atoms with Gasteiger partial charge in [0.2, 0.25) is 5.95 Å². The molecule has 0 aliphatic rings. The van der Waals surface area contributed by atoms with Gasteiger partial charge in [0.05, 0.1) is 6.54 Å². The summed E-state index contributed by atoms with van der Waals surface area (Å²) in [5.41, 5.74) is 2.03. The van der Waals surface area contributed by atoms with E-state index >= 15 is 0 Å². The summed E-state index contributed by atoms with van der Waals surface area (Å²) in [6.45, 7) is 7.00. The minimum absolute atomic E-state index is 0.0754. The number of carbonyl (C=O) groups is 1. The van der Waals surface area contributed by atoms with E-state index in [1.165, 1.54) is 28.7 Å². The summed E-state index contributed by atoms with van der Waals surface area (Å²) in [6, 6.07) is 17.4. The molecule has 0 spiro atoms. The van der Waals surface area contributed by atoms with Gasteiger partial charge in [0.1, 0.15) is 30.3 Å². The summed E-state index contributed by atoms with van der Waals surface area (Å²) in [7, 11) is 0. The molecule has 0 saturated heterocycles. The van der Waals surface area contributed by atoms with Crippen LogP contribution in [0.15, 0.2) is 71.4 Å². The van der Waals surface area contributed by atoms with Gasteiger partial charge in [0.15, 0.2) is 5.76 Å². The van der Waals surface area contributed by atoms with Gasteiger partial charge >= 0.3 is 0 Å². The number of benzene rings is 2. The Morgan fingerprint density at radius 3 is 2.64 bits per heavy atom. The monoisotopic (exact) mass is 448 g/mol. The molecule has 2 aromatic carbocycles. The minimum atomic E-state index is -0.473. The molecule has 0 radical (unpaired) electrons. The third-order valence-corrected chi connectivity index (χ3v) is 4.98. The van der Waals surface area contributed by atoms with Gasteiger partial charge in [-0.05, 0) is 52.9 Å². The van der Waals surface area contributed by atoms with Crippen molar-refractivity contribution in [1.29, 1.82) is 0 Å². The third kappa shape index (κ3) is 5.85. The summed E-state index contributed by atoms with van der Waals surface area (Å²) in [5.74, 6) is 0.700. The van der Waals surface area contributed by atoms with Gasteiger partial charge in [-0.25, -0.2) is 14.1 Å². The van der Waals surface area contributed by atoms with Crippen molar-refractivity contribution in [2.24, 2.45) is 0 Å². The highest BCUT2D eigenvalue weighted by Gasteiger charge is 2.15.